The van der Waals surface area contributed by atoms with Gasteiger partial charge in [-0.25, -0.2) is 0 Å². The van der Waals surface area contributed by atoms with E-state index in [0.29, 0.717) is 0 Å². The maximum absolute atomic E-state index is 9.43. The first-order valence-corrected chi connectivity index (χ1v) is 3.80. The predicted octanol–water partition coefficient (Wildman–Crippen LogP) is -0.211. The molecule has 13 heavy (non-hydrogen) atoms. The molecule has 1 aromatic rings. The topological polar surface area (TPSA) is 69.9 Å². The normalized spacial score (nSPS) is 14.2. The first-order chi connectivity index (χ1) is 6.09. The average molecular weight is 184 g/mol. The Balaban J connectivity index is 2.93. The van der Waals surface area contributed by atoms with Gasteiger partial charge in [0.25, 0.3) is 0 Å². The molecule has 0 aliphatic rings. The summed E-state index contributed by atoms with van der Waals surface area (Å²) in [6, 6.07) is 7.99. The molecule has 0 heterocycles. The molecule has 0 saturated carbocycles. The summed E-state index contributed by atoms with van der Waals surface area (Å²) in [5, 5.41) is 28.0. The summed E-state index contributed by atoms with van der Waals surface area (Å²) in [7, 11) is 1.19. The highest BCUT2D eigenvalue weighted by Crippen LogP contribution is 2.21. The van der Waals surface area contributed by atoms with Crippen LogP contribution >= 0.6 is 0 Å². The number of hydrogen-bond acceptors (Lipinski definition) is 4. The lowest BCUT2D eigenvalue weighted by Gasteiger charge is -2.26. The quantitative estimate of drug-likeness (QED) is 0.568. The summed E-state index contributed by atoms with van der Waals surface area (Å²) in [5.74, 6) is -2.37. The highest BCUT2D eigenvalue weighted by Gasteiger charge is 2.35. The predicted molar refractivity (Wildman–Crippen MR) is 45.6 cm³/mol. The van der Waals surface area contributed by atoms with Gasteiger partial charge in [0.15, 0.2) is 0 Å². The van der Waals surface area contributed by atoms with Gasteiger partial charge >= 0.3 is 0 Å². The first kappa shape index (κ1) is 10.1. The van der Waals surface area contributed by atoms with Gasteiger partial charge in [0.1, 0.15) is 0 Å². The Labute approximate surface area is 76.0 Å². The number of methoxy groups -OCH3 is 1. The minimum atomic E-state index is -2.37. The Kier molecular flexibility index (Phi) is 3.00. The zero-order valence-corrected chi connectivity index (χ0v) is 7.21. The fourth-order valence-electron chi connectivity index (χ4n) is 0.990. The van der Waals surface area contributed by atoms with Crippen molar-refractivity contribution in [2.75, 3.05) is 7.11 Å². The lowest BCUT2D eigenvalue weighted by Crippen LogP contribution is -2.40. The summed E-state index contributed by atoms with van der Waals surface area (Å²) in [5.41, 5.74) is 0.185. The molecular formula is C9H12O4. The first-order valence-electron chi connectivity index (χ1n) is 3.80. The summed E-state index contributed by atoms with van der Waals surface area (Å²) in [4.78, 5) is 0. The van der Waals surface area contributed by atoms with Crippen molar-refractivity contribution in [2.45, 2.75) is 12.1 Å². The molecule has 0 aromatic heterocycles. The van der Waals surface area contributed by atoms with Gasteiger partial charge in [-0.15, -0.1) is 0 Å². The van der Waals surface area contributed by atoms with Crippen molar-refractivity contribution in [1.82, 2.24) is 0 Å². The van der Waals surface area contributed by atoms with Gasteiger partial charge in [-0.05, 0) is 0 Å². The van der Waals surface area contributed by atoms with E-state index in [9.17, 15) is 10.2 Å². The van der Waals surface area contributed by atoms with Gasteiger partial charge in [-0.2, -0.15) is 0 Å². The molecule has 0 fully saturated rings. The van der Waals surface area contributed by atoms with E-state index in [4.69, 9.17) is 5.11 Å². The molecule has 3 N–H and O–H groups in total. The van der Waals surface area contributed by atoms with Crippen LogP contribution < -0.4 is 0 Å². The second-order valence-corrected chi connectivity index (χ2v) is 2.68. The number of hydrogen-bond donors (Lipinski definition) is 3. The lowest BCUT2D eigenvalue weighted by molar-refractivity contribution is -0.306. The summed E-state index contributed by atoms with van der Waals surface area (Å²) in [6.45, 7) is 0. The maximum atomic E-state index is 9.43. The fourth-order valence-corrected chi connectivity index (χ4v) is 0.990. The fraction of sp³-hybridized carbons (Fsp3) is 0.333. The number of rotatable bonds is 3. The number of aliphatic hydroxyl groups excluding tert-OH is 1. The van der Waals surface area contributed by atoms with Crippen molar-refractivity contribution < 1.29 is 20.1 Å². The molecule has 1 rings (SSSR count). The zero-order valence-electron chi connectivity index (χ0n) is 7.21. The van der Waals surface area contributed by atoms with E-state index in [0.717, 1.165) is 0 Å². The summed E-state index contributed by atoms with van der Waals surface area (Å²) in [6.07, 6.45) is -1.66. The number of aliphatic hydroxyl groups is 3. The molecule has 0 radical (unpaired) electrons. The zero-order chi connectivity index (χ0) is 9.90. The van der Waals surface area contributed by atoms with E-state index in [2.05, 4.69) is 4.74 Å². The minimum Gasteiger partial charge on any atom is -0.363 e. The van der Waals surface area contributed by atoms with Crippen LogP contribution in [0.1, 0.15) is 5.56 Å². The van der Waals surface area contributed by atoms with Gasteiger partial charge in [-0.3, -0.25) is 0 Å². The third-order valence-electron chi connectivity index (χ3n) is 1.77. The second kappa shape index (κ2) is 3.85. The van der Waals surface area contributed by atoms with Crippen molar-refractivity contribution >= 4 is 0 Å². The van der Waals surface area contributed by atoms with E-state index in [1.54, 1.807) is 18.2 Å². The second-order valence-electron chi connectivity index (χ2n) is 2.68. The maximum Gasteiger partial charge on any atom is 0.242 e. The van der Waals surface area contributed by atoms with Crippen molar-refractivity contribution in [3.63, 3.8) is 0 Å². The van der Waals surface area contributed by atoms with Crippen LogP contribution in [0.25, 0.3) is 0 Å². The van der Waals surface area contributed by atoms with Gasteiger partial charge in [0.2, 0.25) is 12.1 Å². The molecule has 0 bridgehead atoms. The molecule has 1 aromatic carbocycles. The molecule has 1 atom stereocenters. The molecule has 0 spiro atoms. The van der Waals surface area contributed by atoms with Crippen molar-refractivity contribution in [3.8, 4) is 0 Å². The van der Waals surface area contributed by atoms with Gasteiger partial charge in [0, 0.05) is 12.7 Å². The third kappa shape index (κ3) is 2.05. The van der Waals surface area contributed by atoms with E-state index >= 15 is 0 Å². The highest BCUT2D eigenvalue weighted by atomic mass is 16.6. The van der Waals surface area contributed by atoms with E-state index < -0.39 is 12.1 Å². The summed E-state index contributed by atoms with van der Waals surface area (Å²) < 4.78 is 4.42. The van der Waals surface area contributed by atoms with Crippen LogP contribution in [0.3, 0.4) is 0 Å². The molecule has 0 aliphatic carbocycles. The van der Waals surface area contributed by atoms with E-state index in [1.165, 1.54) is 19.2 Å². The molecule has 4 heteroatoms. The van der Waals surface area contributed by atoms with Gasteiger partial charge < -0.3 is 20.1 Å². The molecular weight excluding hydrogens is 172 g/mol. The number of benzene rings is 1. The van der Waals surface area contributed by atoms with Crippen LogP contribution in [0.15, 0.2) is 30.3 Å². The largest absolute Gasteiger partial charge is 0.363 e. The van der Waals surface area contributed by atoms with Crippen LogP contribution in [-0.2, 0) is 10.5 Å². The molecule has 4 nitrogen and oxygen atoms in total. The van der Waals surface area contributed by atoms with Crippen LogP contribution in [0.5, 0.6) is 0 Å². The standard InChI is InChI=1S/C9H12O4/c1-13-8(10)9(11,12)7-5-3-2-4-6-7/h2-6,8,10-12H,1H3. The lowest BCUT2D eigenvalue weighted by atomic mass is 10.1. The Hall–Kier alpha value is -0.940. The summed E-state index contributed by atoms with van der Waals surface area (Å²) >= 11 is 0. The SMILES string of the molecule is COC(O)C(O)(O)c1ccccc1. The average Bonchev–Trinajstić information content (AvgIpc) is 2.18. The Bertz CT molecular complexity index is 258. The van der Waals surface area contributed by atoms with Gasteiger partial charge in [0.05, 0.1) is 0 Å². The van der Waals surface area contributed by atoms with Crippen molar-refractivity contribution in [2.24, 2.45) is 0 Å². The molecule has 1 unspecified atom stereocenters. The van der Waals surface area contributed by atoms with Crippen molar-refractivity contribution in [1.29, 1.82) is 0 Å². The monoisotopic (exact) mass is 184 g/mol. The van der Waals surface area contributed by atoms with Crippen LogP contribution in [0.4, 0.5) is 0 Å². The Morgan fingerprint density at radius 1 is 1.23 bits per heavy atom. The van der Waals surface area contributed by atoms with Crippen molar-refractivity contribution in [3.05, 3.63) is 35.9 Å². The van der Waals surface area contributed by atoms with Gasteiger partial charge in [-0.1, -0.05) is 30.3 Å². The Morgan fingerprint density at radius 2 is 1.77 bits per heavy atom. The van der Waals surface area contributed by atoms with E-state index in [1.807, 2.05) is 0 Å². The Morgan fingerprint density at radius 3 is 2.23 bits per heavy atom. The third-order valence-corrected chi connectivity index (χ3v) is 1.77. The van der Waals surface area contributed by atoms with Crippen LogP contribution in [-0.4, -0.2) is 28.7 Å². The van der Waals surface area contributed by atoms with E-state index in [-0.39, 0.29) is 5.56 Å². The molecule has 0 aliphatic heterocycles. The minimum absolute atomic E-state index is 0.185. The number of ether oxygens (including phenoxy) is 1. The molecule has 72 valence electrons. The van der Waals surface area contributed by atoms with Crippen LogP contribution in [0, 0.1) is 0 Å². The molecule has 0 amide bonds. The van der Waals surface area contributed by atoms with Crippen LogP contribution in [0.2, 0.25) is 0 Å². The smallest absolute Gasteiger partial charge is 0.242 e. The molecule has 0 saturated heterocycles. The highest BCUT2D eigenvalue weighted by molar-refractivity contribution is 5.20.